The van der Waals surface area contributed by atoms with Gasteiger partial charge in [0, 0.05) is 29.3 Å². The minimum Gasteiger partial charge on any atom is -0.493 e. The number of nitriles is 1. The van der Waals surface area contributed by atoms with Crippen LogP contribution >= 0.6 is 0 Å². The van der Waals surface area contributed by atoms with Gasteiger partial charge in [-0.1, -0.05) is 0 Å². The van der Waals surface area contributed by atoms with E-state index in [-0.39, 0.29) is 28.9 Å². The summed E-state index contributed by atoms with van der Waals surface area (Å²) in [5, 5.41) is 15.8. The van der Waals surface area contributed by atoms with E-state index in [4.69, 9.17) is 9.47 Å². The predicted molar refractivity (Wildman–Crippen MR) is 122 cm³/mol. The Balaban J connectivity index is 1.87. The SMILES string of the molecule is COc1cc(C#N)c(Nc2ncc(F)c(NC3CC(C)(C)N(C)C(C)(C)C3)n2)cc1OC. The fourth-order valence-corrected chi connectivity index (χ4v) is 4.39. The van der Waals surface area contributed by atoms with Crippen LogP contribution in [0.4, 0.5) is 21.8 Å². The summed E-state index contributed by atoms with van der Waals surface area (Å²) < 4.78 is 25.1. The third-order valence-corrected chi connectivity index (χ3v) is 6.28. The van der Waals surface area contributed by atoms with Crippen molar-refractivity contribution in [2.75, 3.05) is 31.9 Å². The van der Waals surface area contributed by atoms with Crippen LogP contribution in [0, 0.1) is 17.1 Å². The normalized spacial score (nSPS) is 18.0. The smallest absolute Gasteiger partial charge is 0.229 e. The van der Waals surface area contributed by atoms with Crippen molar-refractivity contribution in [3.05, 3.63) is 29.7 Å². The Morgan fingerprint density at radius 1 is 1.12 bits per heavy atom. The molecule has 32 heavy (non-hydrogen) atoms. The Hall–Kier alpha value is -3.12. The van der Waals surface area contributed by atoms with Crippen molar-refractivity contribution < 1.29 is 13.9 Å². The van der Waals surface area contributed by atoms with E-state index in [0.717, 1.165) is 19.0 Å². The topological polar surface area (TPSA) is 95.3 Å². The Labute approximate surface area is 188 Å². The first-order valence-corrected chi connectivity index (χ1v) is 10.5. The van der Waals surface area contributed by atoms with Gasteiger partial charge in [0.2, 0.25) is 5.95 Å². The molecule has 3 rings (SSSR count). The lowest BCUT2D eigenvalue weighted by molar-refractivity contribution is -0.00778. The standard InChI is InChI=1S/C23H31FN6O2/c1-22(2)10-15(11-23(3,4)30(22)5)27-20-16(24)13-26-21(29-20)28-17-9-19(32-7)18(31-6)8-14(17)12-25/h8-9,13,15H,10-11H2,1-7H3,(H2,26,27,28,29). The van der Waals surface area contributed by atoms with Gasteiger partial charge < -0.3 is 20.1 Å². The minimum absolute atomic E-state index is 0.0456. The van der Waals surface area contributed by atoms with Gasteiger partial charge >= 0.3 is 0 Å². The van der Waals surface area contributed by atoms with E-state index in [0.29, 0.717) is 22.7 Å². The molecule has 1 aromatic carbocycles. The number of methoxy groups -OCH3 is 2. The Morgan fingerprint density at radius 3 is 2.28 bits per heavy atom. The summed E-state index contributed by atoms with van der Waals surface area (Å²) in [5.41, 5.74) is 0.657. The summed E-state index contributed by atoms with van der Waals surface area (Å²) in [5.74, 6) is 0.652. The average Bonchev–Trinajstić information content (AvgIpc) is 2.73. The van der Waals surface area contributed by atoms with E-state index in [1.165, 1.54) is 14.2 Å². The highest BCUT2D eigenvalue weighted by molar-refractivity contribution is 5.68. The zero-order chi connectivity index (χ0) is 23.7. The van der Waals surface area contributed by atoms with Crippen LogP contribution in [0.3, 0.4) is 0 Å². The lowest BCUT2D eigenvalue weighted by Crippen LogP contribution is -2.61. The third kappa shape index (κ3) is 4.70. The maximum atomic E-state index is 14.6. The maximum Gasteiger partial charge on any atom is 0.229 e. The number of nitrogens with one attached hydrogen (secondary N) is 2. The minimum atomic E-state index is -0.530. The molecule has 172 valence electrons. The van der Waals surface area contributed by atoms with Gasteiger partial charge in [-0.2, -0.15) is 10.2 Å². The number of hydrogen-bond acceptors (Lipinski definition) is 8. The molecule has 2 aromatic rings. The van der Waals surface area contributed by atoms with Gasteiger partial charge in [-0.05, 0) is 47.6 Å². The third-order valence-electron chi connectivity index (χ3n) is 6.28. The van der Waals surface area contributed by atoms with Crippen LogP contribution in [0.25, 0.3) is 0 Å². The van der Waals surface area contributed by atoms with Gasteiger partial charge in [0.15, 0.2) is 23.1 Å². The molecule has 1 saturated heterocycles. The molecule has 2 N–H and O–H groups in total. The van der Waals surface area contributed by atoms with Crippen molar-refractivity contribution in [3.8, 4) is 17.6 Å². The number of halogens is 1. The molecular weight excluding hydrogens is 411 g/mol. The molecule has 0 saturated carbocycles. The second-order valence-electron chi connectivity index (χ2n) is 9.31. The highest BCUT2D eigenvalue weighted by atomic mass is 19.1. The van der Waals surface area contributed by atoms with Crippen LogP contribution in [0.1, 0.15) is 46.1 Å². The van der Waals surface area contributed by atoms with E-state index < -0.39 is 5.82 Å². The predicted octanol–water partition coefficient (Wildman–Crippen LogP) is 4.31. The van der Waals surface area contributed by atoms with E-state index in [9.17, 15) is 9.65 Å². The number of hydrogen-bond donors (Lipinski definition) is 2. The molecule has 0 atom stereocenters. The quantitative estimate of drug-likeness (QED) is 0.683. The van der Waals surface area contributed by atoms with Crippen LogP contribution in [-0.2, 0) is 0 Å². The maximum absolute atomic E-state index is 14.6. The van der Waals surface area contributed by atoms with E-state index >= 15 is 0 Å². The first-order chi connectivity index (χ1) is 15.0. The van der Waals surface area contributed by atoms with Crippen LogP contribution in [0.5, 0.6) is 11.5 Å². The number of aromatic nitrogens is 2. The molecule has 1 fully saturated rings. The number of anilines is 3. The highest BCUT2D eigenvalue weighted by Crippen LogP contribution is 2.38. The van der Waals surface area contributed by atoms with Gasteiger partial charge in [0.25, 0.3) is 0 Å². The summed E-state index contributed by atoms with van der Waals surface area (Å²) in [6.45, 7) is 8.75. The molecule has 0 spiro atoms. The highest BCUT2D eigenvalue weighted by Gasteiger charge is 2.43. The molecule has 9 heteroatoms. The summed E-state index contributed by atoms with van der Waals surface area (Å²) in [7, 11) is 5.13. The molecule has 8 nitrogen and oxygen atoms in total. The number of piperidine rings is 1. The van der Waals surface area contributed by atoms with Crippen molar-refractivity contribution in [2.45, 2.75) is 57.7 Å². The molecule has 1 aromatic heterocycles. The van der Waals surface area contributed by atoms with Crippen LogP contribution < -0.4 is 20.1 Å². The van der Waals surface area contributed by atoms with Crippen LogP contribution in [0.2, 0.25) is 0 Å². The Kier molecular flexibility index (Phi) is 6.46. The molecule has 0 bridgehead atoms. The number of ether oxygens (including phenoxy) is 2. The zero-order valence-corrected chi connectivity index (χ0v) is 19.7. The van der Waals surface area contributed by atoms with Crippen molar-refractivity contribution in [2.24, 2.45) is 0 Å². The molecule has 0 radical (unpaired) electrons. The Morgan fingerprint density at radius 2 is 1.72 bits per heavy atom. The van der Waals surface area contributed by atoms with Gasteiger partial charge in [0.05, 0.1) is 31.7 Å². The monoisotopic (exact) mass is 442 g/mol. The number of rotatable bonds is 6. The van der Waals surface area contributed by atoms with E-state index in [1.807, 2.05) is 0 Å². The fraction of sp³-hybridized carbons (Fsp3) is 0.522. The van der Waals surface area contributed by atoms with Crippen LogP contribution in [-0.4, -0.2) is 53.3 Å². The first-order valence-electron chi connectivity index (χ1n) is 10.5. The molecule has 0 amide bonds. The van der Waals surface area contributed by atoms with Crippen molar-refractivity contribution >= 4 is 17.5 Å². The summed E-state index contributed by atoms with van der Waals surface area (Å²) >= 11 is 0. The molecule has 1 aliphatic rings. The number of benzene rings is 1. The Bertz CT molecular complexity index is 1020. The average molecular weight is 443 g/mol. The lowest BCUT2D eigenvalue weighted by atomic mass is 9.77. The second-order valence-corrected chi connectivity index (χ2v) is 9.31. The molecule has 2 heterocycles. The van der Waals surface area contributed by atoms with Crippen molar-refractivity contribution in [3.63, 3.8) is 0 Å². The number of nitrogens with zero attached hydrogens (tertiary/aromatic N) is 4. The summed E-state index contributed by atoms with van der Waals surface area (Å²) in [6.07, 6.45) is 2.80. The molecule has 0 aliphatic carbocycles. The second kappa shape index (κ2) is 8.79. The first kappa shape index (κ1) is 23.5. The largest absolute Gasteiger partial charge is 0.493 e. The van der Waals surface area contributed by atoms with Crippen LogP contribution in [0.15, 0.2) is 18.3 Å². The summed E-state index contributed by atoms with van der Waals surface area (Å²) in [6, 6.07) is 5.34. The molecular formula is C23H31FN6O2. The number of likely N-dealkylation sites (tertiary alicyclic amines) is 1. The zero-order valence-electron chi connectivity index (χ0n) is 19.7. The van der Waals surface area contributed by atoms with Gasteiger partial charge in [-0.25, -0.2) is 9.37 Å². The van der Waals surface area contributed by atoms with Crippen molar-refractivity contribution in [1.29, 1.82) is 5.26 Å². The van der Waals surface area contributed by atoms with Crippen molar-refractivity contribution in [1.82, 2.24) is 14.9 Å². The van der Waals surface area contributed by atoms with E-state index in [2.05, 4.69) is 66.3 Å². The fourth-order valence-electron chi connectivity index (χ4n) is 4.39. The van der Waals surface area contributed by atoms with E-state index in [1.54, 1.807) is 12.1 Å². The summed E-state index contributed by atoms with van der Waals surface area (Å²) in [4.78, 5) is 10.8. The molecule has 0 unspecified atom stereocenters. The lowest BCUT2D eigenvalue weighted by Gasteiger charge is -2.53. The van der Waals surface area contributed by atoms with Gasteiger partial charge in [-0.3, -0.25) is 4.90 Å². The van der Waals surface area contributed by atoms with Gasteiger partial charge in [0.1, 0.15) is 6.07 Å². The van der Waals surface area contributed by atoms with Gasteiger partial charge in [-0.15, -0.1) is 0 Å². The molecule has 1 aliphatic heterocycles.